The lowest BCUT2D eigenvalue weighted by molar-refractivity contribution is 0.705. The summed E-state index contributed by atoms with van der Waals surface area (Å²) in [6.45, 7) is 1.93. The van der Waals surface area contributed by atoms with Gasteiger partial charge in [-0.3, -0.25) is 9.55 Å². The zero-order valence-corrected chi connectivity index (χ0v) is 11.0. The molecular formula is C11H15N5OS. The van der Waals surface area contributed by atoms with Crippen molar-refractivity contribution in [2.24, 2.45) is 12.8 Å². The van der Waals surface area contributed by atoms with E-state index in [9.17, 15) is 4.79 Å². The zero-order valence-electron chi connectivity index (χ0n) is 10.2. The van der Waals surface area contributed by atoms with Crippen LogP contribution in [-0.4, -0.2) is 25.8 Å². The van der Waals surface area contributed by atoms with Crippen LogP contribution in [0.1, 0.15) is 17.7 Å². The van der Waals surface area contributed by atoms with Gasteiger partial charge in [0.2, 0.25) is 0 Å². The van der Waals surface area contributed by atoms with Crippen molar-refractivity contribution in [1.29, 1.82) is 0 Å². The van der Waals surface area contributed by atoms with Crippen molar-refractivity contribution in [3.63, 3.8) is 0 Å². The Balaban J connectivity index is 2.28. The molecule has 2 aromatic heterocycles. The summed E-state index contributed by atoms with van der Waals surface area (Å²) in [7, 11) is 1.68. The molecule has 3 N–H and O–H groups in total. The van der Waals surface area contributed by atoms with Crippen LogP contribution in [-0.2, 0) is 7.05 Å². The highest BCUT2D eigenvalue weighted by Crippen LogP contribution is 2.34. The fourth-order valence-corrected chi connectivity index (χ4v) is 2.63. The Morgan fingerprint density at radius 2 is 2.33 bits per heavy atom. The fourth-order valence-electron chi connectivity index (χ4n) is 1.57. The van der Waals surface area contributed by atoms with Crippen molar-refractivity contribution in [2.75, 3.05) is 0 Å². The van der Waals surface area contributed by atoms with Crippen molar-refractivity contribution in [3.05, 3.63) is 40.6 Å². The second-order valence-corrected chi connectivity index (χ2v) is 5.16. The molecule has 0 aliphatic carbocycles. The van der Waals surface area contributed by atoms with Gasteiger partial charge < -0.3 is 5.73 Å². The van der Waals surface area contributed by atoms with Gasteiger partial charge in [-0.1, -0.05) is 17.8 Å². The highest BCUT2D eigenvalue weighted by atomic mass is 32.2. The molecule has 0 saturated carbocycles. The number of pyridine rings is 1. The predicted molar refractivity (Wildman–Crippen MR) is 70.3 cm³/mol. The van der Waals surface area contributed by atoms with Crippen molar-refractivity contribution in [2.45, 2.75) is 23.4 Å². The first-order valence-electron chi connectivity index (χ1n) is 5.53. The summed E-state index contributed by atoms with van der Waals surface area (Å²) in [6.07, 6.45) is 3.50. The summed E-state index contributed by atoms with van der Waals surface area (Å²) >= 11 is 1.45. The Kier molecular flexibility index (Phi) is 3.83. The van der Waals surface area contributed by atoms with Gasteiger partial charge in [-0.15, -0.1) is 5.10 Å². The molecule has 0 saturated heterocycles. The lowest BCUT2D eigenvalue weighted by atomic mass is 10.1. The minimum atomic E-state index is -0.230. The topological polar surface area (TPSA) is 89.6 Å². The third-order valence-corrected chi connectivity index (χ3v) is 4.09. The van der Waals surface area contributed by atoms with Crippen LogP contribution in [0.5, 0.6) is 0 Å². The molecule has 0 fully saturated rings. The van der Waals surface area contributed by atoms with Gasteiger partial charge in [-0.25, -0.2) is 9.89 Å². The first kappa shape index (κ1) is 12.8. The minimum Gasteiger partial charge on any atom is -0.327 e. The molecule has 7 heteroatoms. The first-order valence-corrected chi connectivity index (χ1v) is 6.41. The van der Waals surface area contributed by atoms with Gasteiger partial charge in [0.1, 0.15) is 0 Å². The van der Waals surface area contributed by atoms with Gasteiger partial charge in [0.15, 0.2) is 5.16 Å². The average Bonchev–Trinajstić information content (AvgIpc) is 2.68. The van der Waals surface area contributed by atoms with Crippen molar-refractivity contribution in [1.82, 2.24) is 19.7 Å². The predicted octanol–water partition coefficient (Wildman–Crippen LogP) is 0.684. The van der Waals surface area contributed by atoms with Crippen molar-refractivity contribution >= 4 is 11.8 Å². The smallest absolute Gasteiger partial charge is 0.327 e. The lowest BCUT2D eigenvalue weighted by Crippen LogP contribution is -2.23. The van der Waals surface area contributed by atoms with Crippen molar-refractivity contribution < 1.29 is 0 Å². The fraction of sp³-hybridized carbons (Fsp3) is 0.364. The molecule has 2 atom stereocenters. The SMILES string of the molecule is CC(N)C(Sc1n[nH]c(=O)n1C)c1cccnc1. The number of rotatable bonds is 4. The largest absolute Gasteiger partial charge is 0.343 e. The van der Waals surface area contributed by atoms with E-state index in [1.165, 1.54) is 16.3 Å². The third kappa shape index (κ3) is 2.62. The Morgan fingerprint density at radius 1 is 1.56 bits per heavy atom. The number of H-pyrrole nitrogens is 1. The summed E-state index contributed by atoms with van der Waals surface area (Å²) in [6, 6.07) is 3.76. The van der Waals surface area contributed by atoms with Gasteiger partial charge >= 0.3 is 5.69 Å². The number of nitrogens with one attached hydrogen (secondary N) is 1. The molecule has 0 spiro atoms. The zero-order chi connectivity index (χ0) is 13.1. The Morgan fingerprint density at radius 3 is 2.83 bits per heavy atom. The van der Waals surface area contributed by atoms with Gasteiger partial charge in [0.05, 0.1) is 5.25 Å². The van der Waals surface area contributed by atoms with Crippen LogP contribution < -0.4 is 11.4 Å². The first-order chi connectivity index (χ1) is 8.59. The van der Waals surface area contributed by atoms with E-state index in [2.05, 4.69) is 15.2 Å². The molecule has 0 amide bonds. The average molecular weight is 265 g/mol. The molecule has 18 heavy (non-hydrogen) atoms. The van der Waals surface area contributed by atoms with Crippen LogP contribution in [0.25, 0.3) is 0 Å². The van der Waals surface area contributed by atoms with Crippen LogP contribution in [0.4, 0.5) is 0 Å². The molecular weight excluding hydrogens is 250 g/mol. The molecule has 6 nitrogen and oxygen atoms in total. The van der Waals surface area contributed by atoms with Crippen LogP contribution in [0.15, 0.2) is 34.5 Å². The lowest BCUT2D eigenvalue weighted by Gasteiger charge is -2.19. The summed E-state index contributed by atoms with van der Waals surface area (Å²) in [5, 5.41) is 7.01. The van der Waals surface area contributed by atoms with E-state index < -0.39 is 0 Å². The van der Waals surface area contributed by atoms with E-state index in [4.69, 9.17) is 5.73 Å². The molecule has 2 aromatic rings. The number of nitrogens with zero attached hydrogens (tertiary/aromatic N) is 3. The van der Waals surface area contributed by atoms with Crippen LogP contribution in [0, 0.1) is 0 Å². The maximum Gasteiger partial charge on any atom is 0.343 e. The number of hydrogen-bond acceptors (Lipinski definition) is 5. The molecule has 2 heterocycles. The van der Waals surface area contributed by atoms with Crippen molar-refractivity contribution in [3.8, 4) is 0 Å². The number of nitrogens with two attached hydrogens (primary N) is 1. The quantitative estimate of drug-likeness (QED) is 0.794. The molecule has 0 aliphatic heterocycles. The van der Waals surface area contributed by atoms with Crippen LogP contribution >= 0.6 is 11.8 Å². The molecule has 96 valence electrons. The molecule has 0 bridgehead atoms. The second kappa shape index (κ2) is 5.36. The van der Waals surface area contributed by atoms with E-state index in [0.29, 0.717) is 5.16 Å². The normalized spacial score (nSPS) is 14.4. The van der Waals surface area contributed by atoms with E-state index in [-0.39, 0.29) is 17.0 Å². The van der Waals surface area contributed by atoms with Gasteiger partial charge in [-0.05, 0) is 18.6 Å². The Bertz CT molecular complexity index is 562. The number of aromatic nitrogens is 4. The Labute approximate surface area is 109 Å². The molecule has 2 unspecified atom stereocenters. The standard InChI is InChI=1S/C11H15N5OS/c1-7(12)9(8-4-3-5-13-6-8)18-11-15-14-10(17)16(11)2/h3-7,9H,12H2,1-2H3,(H,14,17). The number of hydrogen-bond donors (Lipinski definition) is 2. The maximum atomic E-state index is 11.3. The highest BCUT2D eigenvalue weighted by Gasteiger charge is 2.20. The maximum absolute atomic E-state index is 11.3. The Hall–Kier alpha value is -1.60. The van der Waals surface area contributed by atoms with Gasteiger partial charge in [-0.2, -0.15) is 0 Å². The number of thioether (sulfide) groups is 1. The summed E-state index contributed by atoms with van der Waals surface area (Å²) in [5.41, 5.74) is 6.79. The van der Waals surface area contributed by atoms with Gasteiger partial charge in [0, 0.05) is 25.5 Å². The van der Waals surface area contributed by atoms with E-state index in [1.54, 1.807) is 19.4 Å². The summed E-state index contributed by atoms with van der Waals surface area (Å²) in [4.78, 5) is 15.4. The second-order valence-electron chi connectivity index (χ2n) is 4.05. The van der Waals surface area contributed by atoms with E-state index >= 15 is 0 Å². The number of aromatic amines is 1. The van der Waals surface area contributed by atoms with Gasteiger partial charge in [0.25, 0.3) is 0 Å². The van der Waals surface area contributed by atoms with E-state index in [0.717, 1.165) is 5.56 Å². The summed E-state index contributed by atoms with van der Waals surface area (Å²) < 4.78 is 1.47. The molecule has 0 radical (unpaired) electrons. The van der Waals surface area contributed by atoms with Crippen LogP contribution in [0.2, 0.25) is 0 Å². The molecule has 2 rings (SSSR count). The summed E-state index contributed by atoms with van der Waals surface area (Å²) in [5.74, 6) is 0. The molecule has 0 aliphatic rings. The van der Waals surface area contributed by atoms with E-state index in [1.807, 2.05) is 19.1 Å². The highest BCUT2D eigenvalue weighted by molar-refractivity contribution is 7.99. The minimum absolute atomic E-state index is 0.00704. The monoisotopic (exact) mass is 265 g/mol. The van der Waals surface area contributed by atoms with Crippen LogP contribution in [0.3, 0.4) is 0 Å². The molecule has 0 aromatic carbocycles. The third-order valence-electron chi connectivity index (χ3n) is 2.56.